The maximum atomic E-state index is 13.1. The van der Waals surface area contributed by atoms with E-state index in [9.17, 15) is 9.50 Å². The molecule has 5 heteroatoms. The Bertz CT molecular complexity index is 569. The van der Waals surface area contributed by atoms with Crippen LogP contribution in [0.25, 0.3) is 0 Å². The molecule has 0 aromatic heterocycles. The summed E-state index contributed by atoms with van der Waals surface area (Å²) in [6.45, 7) is 2.39. The highest BCUT2D eigenvalue weighted by Crippen LogP contribution is 2.18. The molecular formula is C16H17ClFNO2. The molecule has 112 valence electrons. The predicted molar refractivity (Wildman–Crippen MR) is 82.6 cm³/mol. The van der Waals surface area contributed by atoms with E-state index in [1.807, 2.05) is 31.2 Å². The zero-order valence-electron chi connectivity index (χ0n) is 11.6. The lowest BCUT2D eigenvalue weighted by Crippen LogP contribution is -2.26. The quantitative estimate of drug-likeness (QED) is 0.856. The third kappa shape index (κ3) is 5.25. The van der Waals surface area contributed by atoms with Crippen LogP contribution < -0.4 is 10.1 Å². The van der Waals surface area contributed by atoms with E-state index in [2.05, 4.69) is 5.32 Å². The Morgan fingerprint density at radius 2 is 1.95 bits per heavy atom. The zero-order valence-corrected chi connectivity index (χ0v) is 12.4. The lowest BCUT2D eigenvalue weighted by Gasteiger charge is -2.14. The molecule has 21 heavy (non-hydrogen) atoms. The van der Waals surface area contributed by atoms with Crippen LogP contribution in [-0.2, 0) is 0 Å². The van der Waals surface area contributed by atoms with Crippen molar-refractivity contribution < 1.29 is 14.2 Å². The van der Waals surface area contributed by atoms with Crippen molar-refractivity contribution in [3.63, 3.8) is 0 Å². The van der Waals surface area contributed by atoms with E-state index >= 15 is 0 Å². The largest absolute Gasteiger partial charge is 0.491 e. The molecule has 0 saturated carbocycles. The Hall–Kier alpha value is -1.78. The number of anilines is 1. The van der Waals surface area contributed by atoms with Crippen molar-refractivity contribution in [3.8, 4) is 5.75 Å². The molecule has 2 aromatic carbocycles. The Labute approximate surface area is 128 Å². The van der Waals surface area contributed by atoms with Crippen molar-refractivity contribution in [1.82, 2.24) is 0 Å². The molecule has 0 bridgehead atoms. The molecule has 0 aliphatic heterocycles. The van der Waals surface area contributed by atoms with Crippen molar-refractivity contribution >= 4 is 17.3 Å². The van der Waals surface area contributed by atoms with Crippen LogP contribution in [0.3, 0.4) is 0 Å². The number of rotatable bonds is 6. The molecule has 0 fully saturated rings. The summed E-state index contributed by atoms with van der Waals surface area (Å²) in [6.07, 6.45) is -0.714. The summed E-state index contributed by atoms with van der Waals surface area (Å²) in [5.41, 5.74) is 1.67. The van der Waals surface area contributed by atoms with Gasteiger partial charge in [-0.1, -0.05) is 29.3 Å². The summed E-state index contributed by atoms with van der Waals surface area (Å²) in [7, 11) is 0. The number of nitrogens with one attached hydrogen (secondary N) is 1. The minimum absolute atomic E-state index is 0.152. The van der Waals surface area contributed by atoms with Gasteiger partial charge in [0.15, 0.2) is 0 Å². The maximum Gasteiger partial charge on any atom is 0.126 e. The minimum Gasteiger partial charge on any atom is -0.491 e. The van der Waals surface area contributed by atoms with E-state index in [1.165, 1.54) is 12.1 Å². The summed E-state index contributed by atoms with van der Waals surface area (Å²) >= 11 is 5.75. The first-order valence-electron chi connectivity index (χ1n) is 6.60. The van der Waals surface area contributed by atoms with Crippen LogP contribution in [-0.4, -0.2) is 24.4 Å². The second-order valence-corrected chi connectivity index (χ2v) is 5.25. The van der Waals surface area contributed by atoms with Gasteiger partial charge in [-0.2, -0.15) is 0 Å². The average Bonchev–Trinajstić information content (AvgIpc) is 2.43. The predicted octanol–water partition coefficient (Wildman–Crippen LogP) is 3.64. The Morgan fingerprint density at radius 1 is 1.24 bits per heavy atom. The topological polar surface area (TPSA) is 41.5 Å². The number of ether oxygens (including phenoxy) is 1. The number of aliphatic hydroxyl groups excluding tert-OH is 1. The lowest BCUT2D eigenvalue weighted by atomic mass is 10.2. The smallest absolute Gasteiger partial charge is 0.126 e. The highest BCUT2D eigenvalue weighted by molar-refractivity contribution is 6.30. The number of aryl methyl sites for hydroxylation is 1. The van der Waals surface area contributed by atoms with Gasteiger partial charge in [-0.05, 0) is 37.3 Å². The molecular weight excluding hydrogens is 293 g/mol. The second kappa shape index (κ2) is 7.29. The SMILES string of the molecule is Cc1ccc(OCC(O)CNc2cc(F)cc(Cl)c2)cc1. The van der Waals surface area contributed by atoms with Gasteiger partial charge >= 0.3 is 0 Å². The first kappa shape index (κ1) is 15.6. The van der Waals surface area contributed by atoms with E-state index in [0.29, 0.717) is 16.5 Å². The zero-order chi connectivity index (χ0) is 15.2. The van der Waals surface area contributed by atoms with E-state index < -0.39 is 11.9 Å². The van der Waals surface area contributed by atoms with Crippen molar-refractivity contribution in [2.45, 2.75) is 13.0 Å². The standard InChI is InChI=1S/C16H17ClFNO2/c1-11-2-4-16(5-3-11)21-10-15(20)9-19-14-7-12(17)6-13(18)8-14/h2-8,15,19-20H,9-10H2,1H3. The second-order valence-electron chi connectivity index (χ2n) is 4.82. The summed E-state index contributed by atoms with van der Waals surface area (Å²) < 4.78 is 18.6. The molecule has 0 aliphatic rings. The van der Waals surface area contributed by atoms with Gasteiger partial charge in [-0.3, -0.25) is 0 Å². The van der Waals surface area contributed by atoms with Crippen LogP contribution in [0.5, 0.6) is 5.75 Å². The van der Waals surface area contributed by atoms with Crippen LogP contribution in [0, 0.1) is 12.7 Å². The fourth-order valence-electron chi connectivity index (χ4n) is 1.78. The third-order valence-electron chi connectivity index (χ3n) is 2.87. The van der Waals surface area contributed by atoms with Gasteiger partial charge in [-0.15, -0.1) is 0 Å². The van der Waals surface area contributed by atoms with Crippen LogP contribution in [0.15, 0.2) is 42.5 Å². The summed E-state index contributed by atoms with van der Waals surface area (Å²) in [5, 5.41) is 13.1. The van der Waals surface area contributed by atoms with Gasteiger partial charge in [0.05, 0.1) is 0 Å². The summed E-state index contributed by atoms with van der Waals surface area (Å²) in [4.78, 5) is 0. The number of aliphatic hydroxyl groups is 1. The van der Waals surface area contributed by atoms with E-state index in [4.69, 9.17) is 16.3 Å². The summed E-state index contributed by atoms with van der Waals surface area (Å²) in [6, 6.07) is 11.7. The molecule has 1 unspecified atom stereocenters. The molecule has 0 spiro atoms. The Kier molecular flexibility index (Phi) is 5.42. The van der Waals surface area contributed by atoms with Crippen molar-refractivity contribution in [2.24, 2.45) is 0 Å². The van der Waals surface area contributed by atoms with Gasteiger partial charge in [-0.25, -0.2) is 4.39 Å². The fourth-order valence-corrected chi connectivity index (χ4v) is 2.00. The van der Waals surface area contributed by atoms with Crippen molar-refractivity contribution in [2.75, 3.05) is 18.5 Å². The molecule has 0 heterocycles. The van der Waals surface area contributed by atoms with Gasteiger partial charge < -0.3 is 15.2 Å². The Morgan fingerprint density at radius 3 is 2.62 bits per heavy atom. The van der Waals surface area contributed by atoms with Crippen molar-refractivity contribution in [1.29, 1.82) is 0 Å². The van der Waals surface area contributed by atoms with Gasteiger partial charge in [0.25, 0.3) is 0 Å². The molecule has 0 radical (unpaired) electrons. The molecule has 0 aliphatic carbocycles. The lowest BCUT2D eigenvalue weighted by molar-refractivity contribution is 0.117. The highest BCUT2D eigenvalue weighted by atomic mass is 35.5. The minimum atomic E-state index is -0.714. The first-order valence-corrected chi connectivity index (χ1v) is 6.98. The van der Waals surface area contributed by atoms with Gasteiger partial charge in [0.1, 0.15) is 24.3 Å². The van der Waals surface area contributed by atoms with Crippen LogP contribution in [0.2, 0.25) is 5.02 Å². The van der Waals surface area contributed by atoms with Crippen LogP contribution in [0.1, 0.15) is 5.56 Å². The van der Waals surface area contributed by atoms with E-state index in [1.54, 1.807) is 6.07 Å². The molecule has 2 N–H and O–H groups in total. The van der Waals surface area contributed by atoms with Gasteiger partial charge in [0.2, 0.25) is 0 Å². The molecule has 3 nitrogen and oxygen atoms in total. The molecule has 0 saturated heterocycles. The number of benzene rings is 2. The fraction of sp³-hybridized carbons (Fsp3) is 0.250. The number of hydrogen-bond acceptors (Lipinski definition) is 3. The monoisotopic (exact) mass is 309 g/mol. The number of halogens is 2. The van der Waals surface area contributed by atoms with Crippen LogP contribution in [0.4, 0.5) is 10.1 Å². The van der Waals surface area contributed by atoms with Crippen molar-refractivity contribution in [3.05, 3.63) is 58.9 Å². The van der Waals surface area contributed by atoms with Crippen LogP contribution >= 0.6 is 11.6 Å². The highest BCUT2D eigenvalue weighted by Gasteiger charge is 2.06. The van der Waals surface area contributed by atoms with E-state index in [-0.39, 0.29) is 13.2 Å². The molecule has 0 amide bonds. The molecule has 1 atom stereocenters. The normalized spacial score (nSPS) is 12.0. The third-order valence-corrected chi connectivity index (χ3v) is 3.09. The summed E-state index contributed by atoms with van der Waals surface area (Å²) in [5.74, 6) is 0.281. The first-order chi connectivity index (χ1) is 10.0. The van der Waals surface area contributed by atoms with Gasteiger partial charge in [0, 0.05) is 17.3 Å². The van der Waals surface area contributed by atoms with E-state index in [0.717, 1.165) is 5.56 Å². The molecule has 2 rings (SSSR count). The Balaban J connectivity index is 1.79. The number of hydrogen-bond donors (Lipinski definition) is 2. The average molecular weight is 310 g/mol. The molecule has 2 aromatic rings. The maximum absolute atomic E-state index is 13.1.